The van der Waals surface area contributed by atoms with Gasteiger partial charge in [0.25, 0.3) is 0 Å². The van der Waals surface area contributed by atoms with E-state index < -0.39 is 5.60 Å². The van der Waals surface area contributed by atoms with E-state index in [2.05, 4.69) is 72.5 Å². The summed E-state index contributed by atoms with van der Waals surface area (Å²) in [5.74, 6) is 0.852. The van der Waals surface area contributed by atoms with Crippen molar-refractivity contribution in [3.8, 4) is 0 Å². The maximum Gasteiger partial charge on any atom is 0.105 e. The van der Waals surface area contributed by atoms with Crippen molar-refractivity contribution in [3.05, 3.63) is 77.4 Å². The second-order valence-electron chi connectivity index (χ2n) is 7.99. The van der Waals surface area contributed by atoms with Crippen LogP contribution in [0.5, 0.6) is 0 Å². The van der Waals surface area contributed by atoms with Gasteiger partial charge in [0.05, 0.1) is 0 Å². The minimum Gasteiger partial charge on any atom is -0.384 e. The summed E-state index contributed by atoms with van der Waals surface area (Å²) in [5.41, 5.74) is 4.20. The van der Waals surface area contributed by atoms with Gasteiger partial charge in [-0.15, -0.1) is 0 Å². The van der Waals surface area contributed by atoms with Crippen LogP contribution >= 0.6 is 0 Å². The fourth-order valence-corrected chi connectivity index (χ4v) is 4.62. The minimum absolute atomic E-state index is 0.406. The van der Waals surface area contributed by atoms with Crippen LogP contribution in [0.4, 0.5) is 0 Å². The van der Waals surface area contributed by atoms with Crippen LogP contribution in [0.3, 0.4) is 0 Å². The van der Waals surface area contributed by atoms with Crippen molar-refractivity contribution in [1.82, 2.24) is 4.90 Å². The van der Waals surface area contributed by atoms with Gasteiger partial charge in [-0.2, -0.15) is 0 Å². The van der Waals surface area contributed by atoms with Crippen LogP contribution in [-0.2, 0) is 5.60 Å². The third-order valence-electron chi connectivity index (χ3n) is 6.34. The smallest absolute Gasteiger partial charge is 0.105 e. The highest BCUT2D eigenvalue weighted by atomic mass is 16.3. The van der Waals surface area contributed by atoms with Crippen molar-refractivity contribution >= 4 is 5.57 Å². The van der Waals surface area contributed by atoms with Crippen molar-refractivity contribution in [3.63, 3.8) is 0 Å². The van der Waals surface area contributed by atoms with Crippen molar-refractivity contribution in [2.24, 2.45) is 11.8 Å². The molecule has 0 amide bonds. The number of hydrogen-bond acceptors (Lipinski definition) is 2. The van der Waals surface area contributed by atoms with E-state index in [4.69, 9.17) is 0 Å². The summed E-state index contributed by atoms with van der Waals surface area (Å²) in [6.07, 6.45) is 15.3. The molecule has 3 saturated heterocycles. The molecule has 1 N–H and O–H groups in total. The highest BCUT2D eigenvalue weighted by Crippen LogP contribution is 2.42. The number of hydrogen-bond donors (Lipinski definition) is 1. The average molecular weight is 348 g/mol. The van der Waals surface area contributed by atoms with Gasteiger partial charge in [-0.3, -0.25) is 0 Å². The minimum atomic E-state index is -0.669. The predicted octanol–water partition coefficient (Wildman–Crippen LogP) is 4.69. The zero-order valence-corrected chi connectivity index (χ0v) is 15.9. The molecule has 0 spiro atoms. The molecule has 2 unspecified atom stereocenters. The van der Waals surface area contributed by atoms with Crippen LogP contribution in [-0.4, -0.2) is 29.6 Å². The molecule has 1 aromatic rings. The number of rotatable bonds is 3. The summed E-state index contributed by atoms with van der Waals surface area (Å²) in [5, 5.41) is 11.3. The Balaban J connectivity index is 1.59. The molecule has 2 atom stereocenters. The van der Waals surface area contributed by atoms with E-state index in [-0.39, 0.29) is 0 Å². The molecule has 2 heteroatoms. The zero-order chi connectivity index (χ0) is 18.1. The SMILES string of the molecule is C/C=C\C=C1\C=C(c2ccc(C3(O)CN4CCC3CC4)cc2)C=CC1C. The van der Waals surface area contributed by atoms with Crippen LogP contribution < -0.4 is 0 Å². The van der Waals surface area contributed by atoms with Crippen LogP contribution in [0.15, 0.2) is 66.3 Å². The Kier molecular flexibility index (Phi) is 4.73. The van der Waals surface area contributed by atoms with Gasteiger partial charge in [-0.1, -0.05) is 67.6 Å². The van der Waals surface area contributed by atoms with Crippen LogP contribution in [0.1, 0.15) is 37.8 Å². The number of allylic oxidation sites excluding steroid dienone is 8. The molecule has 0 saturated carbocycles. The number of nitrogens with zero attached hydrogens (tertiary/aromatic N) is 1. The van der Waals surface area contributed by atoms with Gasteiger partial charge < -0.3 is 10.0 Å². The van der Waals surface area contributed by atoms with Gasteiger partial charge in [0, 0.05) is 6.54 Å². The second-order valence-corrected chi connectivity index (χ2v) is 7.99. The Morgan fingerprint density at radius 3 is 2.50 bits per heavy atom. The lowest BCUT2D eigenvalue weighted by molar-refractivity contribution is -0.117. The van der Waals surface area contributed by atoms with E-state index >= 15 is 0 Å². The quantitative estimate of drug-likeness (QED) is 0.857. The Labute approximate surface area is 157 Å². The van der Waals surface area contributed by atoms with Crippen LogP contribution in [0.2, 0.25) is 0 Å². The lowest BCUT2D eigenvalue weighted by atomic mass is 9.71. The summed E-state index contributed by atoms with van der Waals surface area (Å²) in [4.78, 5) is 2.40. The molecule has 26 heavy (non-hydrogen) atoms. The Bertz CT molecular complexity index is 775. The number of aliphatic hydroxyl groups is 1. The Hall–Kier alpha value is -1.90. The number of fused-ring (bicyclic) bond motifs is 3. The summed E-state index contributed by atoms with van der Waals surface area (Å²) in [6.45, 7) is 7.34. The molecule has 0 radical (unpaired) electrons. The van der Waals surface area contributed by atoms with E-state index in [1.807, 2.05) is 6.92 Å². The van der Waals surface area contributed by atoms with Gasteiger partial charge in [-0.05, 0) is 67.0 Å². The summed E-state index contributed by atoms with van der Waals surface area (Å²) in [6, 6.07) is 8.62. The molecule has 2 bridgehead atoms. The summed E-state index contributed by atoms with van der Waals surface area (Å²) >= 11 is 0. The van der Waals surface area contributed by atoms with Crippen LogP contribution in [0, 0.1) is 11.8 Å². The molecule has 3 fully saturated rings. The topological polar surface area (TPSA) is 23.5 Å². The third kappa shape index (κ3) is 3.13. The van der Waals surface area contributed by atoms with Crippen molar-refractivity contribution < 1.29 is 5.11 Å². The normalized spacial score (nSPS) is 35.3. The van der Waals surface area contributed by atoms with Crippen molar-refractivity contribution in [2.45, 2.75) is 32.3 Å². The highest BCUT2D eigenvalue weighted by Gasteiger charge is 2.46. The fourth-order valence-electron chi connectivity index (χ4n) is 4.62. The molecule has 4 aliphatic rings. The Morgan fingerprint density at radius 1 is 1.15 bits per heavy atom. The van der Waals surface area contributed by atoms with E-state index in [1.54, 1.807) is 0 Å². The van der Waals surface area contributed by atoms with Gasteiger partial charge in [-0.25, -0.2) is 0 Å². The molecule has 2 nitrogen and oxygen atoms in total. The molecular weight excluding hydrogens is 318 g/mol. The van der Waals surface area contributed by atoms with E-state index in [9.17, 15) is 5.11 Å². The van der Waals surface area contributed by atoms with E-state index in [0.717, 1.165) is 38.0 Å². The Morgan fingerprint density at radius 2 is 1.88 bits per heavy atom. The molecule has 0 aromatic heterocycles. The van der Waals surface area contributed by atoms with E-state index in [1.165, 1.54) is 16.7 Å². The fraction of sp³-hybridized carbons (Fsp3) is 0.417. The molecule has 3 heterocycles. The zero-order valence-electron chi connectivity index (χ0n) is 15.9. The highest BCUT2D eigenvalue weighted by molar-refractivity contribution is 5.78. The molecule has 136 valence electrons. The van der Waals surface area contributed by atoms with E-state index in [0.29, 0.717) is 11.8 Å². The largest absolute Gasteiger partial charge is 0.384 e. The summed E-state index contributed by atoms with van der Waals surface area (Å²) in [7, 11) is 0. The maximum atomic E-state index is 11.3. The van der Waals surface area contributed by atoms with Gasteiger partial charge in [0.2, 0.25) is 0 Å². The predicted molar refractivity (Wildman–Crippen MR) is 109 cm³/mol. The van der Waals surface area contributed by atoms with Crippen molar-refractivity contribution in [2.75, 3.05) is 19.6 Å². The number of piperidine rings is 3. The standard InChI is InChI=1S/C24H29NO/c1-3-4-5-20-16-21(7-6-18(20)2)19-8-10-22(11-9-19)24(26)17-25-14-12-23(24)13-15-25/h3-11,16,18,23,26H,12-15,17H2,1-2H3/b4-3-,20-5-. The van der Waals surface area contributed by atoms with Gasteiger partial charge >= 0.3 is 0 Å². The first kappa shape index (κ1) is 17.5. The molecule has 1 aliphatic carbocycles. The third-order valence-corrected chi connectivity index (χ3v) is 6.34. The maximum absolute atomic E-state index is 11.3. The summed E-state index contributed by atoms with van der Waals surface area (Å²) < 4.78 is 0. The molecule has 3 aliphatic heterocycles. The van der Waals surface area contributed by atoms with Crippen molar-refractivity contribution in [1.29, 1.82) is 0 Å². The lowest BCUT2D eigenvalue weighted by Crippen LogP contribution is -2.57. The monoisotopic (exact) mass is 347 g/mol. The van der Waals surface area contributed by atoms with Gasteiger partial charge in [0.1, 0.15) is 5.60 Å². The first-order valence-electron chi connectivity index (χ1n) is 9.88. The average Bonchev–Trinajstić information content (AvgIpc) is 2.68. The first-order valence-corrected chi connectivity index (χ1v) is 9.88. The van der Waals surface area contributed by atoms with Gasteiger partial charge in [0.15, 0.2) is 0 Å². The molecule has 1 aromatic carbocycles. The lowest BCUT2D eigenvalue weighted by Gasteiger charge is -2.50. The second kappa shape index (κ2) is 7.02. The molecule has 5 rings (SSSR count). The first-order chi connectivity index (χ1) is 12.6. The van der Waals surface area contributed by atoms with Crippen LogP contribution in [0.25, 0.3) is 5.57 Å². The number of benzene rings is 1. The molecular formula is C24H29NO.